The fourth-order valence-corrected chi connectivity index (χ4v) is 3.63. The van der Waals surface area contributed by atoms with Crippen molar-refractivity contribution in [2.75, 3.05) is 0 Å². The molecule has 1 aromatic heterocycles. The van der Waals surface area contributed by atoms with E-state index >= 15 is 0 Å². The molecule has 2 heteroatoms. The van der Waals surface area contributed by atoms with Gasteiger partial charge in [0.15, 0.2) is 0 Å². The van der Waals surface area contributed by atoms with Gasteiger partial charge in [0, 0.05) is 4.83 Å². The van der Waals surface area contributed by atoms with Gasteiger partial charge in [0.1, 0.15) is 0 Å². The van der Waals surface area contributed by atoms with Crippen molar-refractivity contribution in [3.63, 3.8) is 0 Å². The lowest BCUT2D eigenvalue weighted by atomic mass is 9.82. The molecule has 0 nitrogen and oxygen atoms in total. The maximum Gasteiger partial charge on any atom is 0.0438 e. The molecule has 0 saturated heterocycles. The standard InChI is InChI=1S/C16H19BrS/c1-16(2,3)14-7-5-4-6-13(14)15(17)10-12-8-9-18-11-12/h4-9,11,15H,10H2,1-3H3. The third kappa shape index (κ3) is 3.24. The van der Waals surface area contributed by atoms with Gasteiger partial charge in [-0.25, -0.2) is 0 Å². The van der Waals surface area contributed by atoms with Crippen LogP contribution < -0.4 is 0 Å². The summed E-state index contributed by atoms with van der Waals surface area (Å²) < 4.78 is 0. The molecule has 0 aliphatic heterocycles. The Balaban J connectivity index is 2.27. The second-order valence-corrected chi connectivity index (χ2v) is 7.53. The lowest BCUT2D eigenvalue weighted by Gasteiger charge is -2.25. The molecule has 0 amide bonds. The minimum Gasteiger partial charge on any atom is -0.152 e. The summed E-state index contributed by atoms with van der Waals surface area (Å²) in [4.78, 5) is 0.391. The lowest BCUT2D eigenvalue weighted by Crippen LogP contribution is -2.15. The van der Waals surface area contributed by atoms with Crippen LogP contribution in [-0.4, -0.2) is 0 Å². The van der Waals surface area contributed by atoms with Crippen LogP contribution in [0.5, 0.6) is 0 Å². The number of hydrogen-bond acceptors (Lipinski definition) is 1. The first-order chi connectivity index (χ1) is 8.48. The van der Waals surface area contributed by atoms with Gasteiger partial charge in [-0.1, -0.05) is 61.0 Å². The fraction of sp³-hybridized carbons (Fsp3) is 0.375. The van der Waals surface area contributed by atoms with Crippen LogP contribution in [0.1, 0.15) is 42.3 Å². The largest absolute Gasteiger partial charge is 0.152 e. The number of benzene rings is 1. The van der Waals surface area contributed by atoms with Gasteiger partial charge in [-0.3, -0.25) is 0 Å². The summed E-state index contributed by atoms with van der Waals surface area (Å²) >= 11 is 5.62. The first-order valence-electron chi connectivity index (χ1n) is 6.23. The van der Waals surface area contributed by atoms with Crippen LogP contribution in [0.15, 0.2) is 41.1 Å². The zero-order chi connectivity index (χ0) is 13.2. The van der Waals surface area contributed by atoms with Gasteiger partial charge in [-0.2, -0.15) is 11.3 Å². The van der Waals surface area contributed by atoms with Crippen molar-refractivity contribution < 1.29 is 0 Å². The third-order valence-corrected chi connectivity index (χ3v) is 4.65. The molecule has 0 aliphatic carbocycles. The van der Waals surface area contributed by atoms with E-state index in [4.69, 9.17) is 0 Å². The van der Waals surface area contributed by atoms with Crippen molar-refractivity contribution in [1.82, 2.24) is 0 Å². The first kappa shape index (κ1) is 13.8. The average Bonchev–Trinajstić information content (AvgIpc) is 2.80. The molecule has 0 spiro atoms. The fourth-order valence-electron chi connectivity index (χ4n) is 2.18. The second-order valence-electron chi connectivity index (χ2n) is 5.64. The highest BCUT2D eigenvalue weighted by Gasteiger charge is 2.21. The minimum atomic E-state index is 0.192. The zero-order valence-corrected chi connectivity index (χ0v) is 13.5. The predicted molar refractivity (Wildman–Crippen MR) is 84.8 cm³/mol. The lowest BCUT2D eigenvalue weighted by molar-refractivity contribution is 0.581. The van der Waals surface area contributed by atoms with E-state index in [1.165, 1.54) is 16.7 Å². The van der Waals surface area contributed by atoms with Crippen molar-refractivity contribution in [3.05, 3.63) is 57.8 Å². The molecule has 0 bridgehead atoms. The van der Waals surface area contributed by atoms with Crippen LogP contribution in [0, 0.1) is 0 Å². The van der Waals surface area contributed by atoms with Gasteiger partial charge in [-0.15, -0.1) is 0 Å². The van der Waals surface area contributed by atoms with Crippen LogP contribution in [0.3, 0.4) is 0 Å². The molecule has 0 radical (unpaired) electrons. The summed E-state index contributed by atoms with van der Waals surface area (Å²) in [5.41, 5.74) is 4.45. The van der Waals surface area contributed by atoms with E-state index in [0.717, 1.165) is 6.42 Å². The molecule has 96 valence electrons. The number of halogens is 1. The van der Waals surface area contributed by atoms with E-state index in [-0.39, 0.29) is 5.41 Å². The normalized spacial score (nSPS) is 13.6. The molecule has 0 saturated carbocycles. The smallest absolute Gasteiger partial charge is 0.0438 e. The van der Waals surface area contributed by atoms with Crippen LogP contribution in [-0.2, 0) is 11.8 Å². The molecule has 1 heterocycles. The monoisotopic (exact) mass is 322 g/mol. The summed E-state index contributed by atoms with van der Waals surface area (Å²) in [6.45, 7) is 6.82. The highest BCUT2D eigenvalue weighted by Crippen LogP contribution is 2.35. The molecule has 1 atom stereocenters. The molecular weight excluding hydrogens is 304 g/mol. The quantitative estimate of drug-likeness (QED) is 0.633. The van der Waals surface area contributed by atoms with E-state index in [1.54, 1.807) is 11.3 Å². The topological polar surface area (TPSA) is 0 Å². The van der Waals surface area contributed by atoms with Gasteiger partial charge in [0.05, 0.1) is 0 Å². The van der Waals surface area contributed by atoms with Gasteiger partial charge in [0.25, 0.3) is 0 Å². The average molecular weight is 323 g/mol. The maximum absolute atomic E-state index is 3.86. The van der Waals surface area contributed by atoms with Crippen molar-refractivity contribution in [2.24, 2.45) is 0 Å². The highest BCUT2D eigenvalue weighted by atomic mass is 79.9. The Morgan fingerprint density at radius 3 is 2.50 bits per heavy atom. The summed E-state index contributed by atoms with van der Waals surface area (Å²) in [5.74, 6) is 0. The molecule has 18 heavy (non-hydrogen) atoms. The van der Waals surface area contributed by atoms with Crippen molar-refractivity contribution >= 4 is 27.3 Å². The van der Waals surface area contributed by atoms with Crippen LogP contribution in [0.25, 0.3) is 0 Å². The second kappa shape index (κ2) is 5.58. The summed E-state index contributed by atoms with van der Waals surface area (Å²) in [5, 5.41) is 4.37. The Kier molecular flexibility index (Phi) is 4.29. The molecule has 0 N–H and O–H groups in total. The Morgan fingerprint density at radius 2 is 1.89 bits per heavy atom. The molecule has 2 rings (SSSR count). The Hall–Kier alpha value is -0.600. The highest BCUT2D eigenvalue weighted by molar-refractivity contribution is 9.09. The van der Waals surface area contributed by atoms with Crippen LogP contribution in [0.4, 0.5) is 0 Å². The number of rotatable bonds is 3. The van der Waals surface area contributed by atoms with E-state index in [1.807, 2.05) is 0 Å². The summed E-state index contributed by atoms with van der Waals surface area (Å²) in [6.07, 6.45) is 1.05. The van der Waals surface area contributed by atoms with Crippen molar-refractivity contribution in [3.8, 4) is 0 Å². The van der Waals surface area contributed by atoms with Crippen LogP contribution >= 0.6 is 27.3 Å². The SMILES string of the molecule is CC(C)(C)c1ccccc1C(Br)Cc1ccsc1. The van der Waals surface area contributed by atoms with Crippen molar-refractivity contribution in [1.29, 1.82) is 0 Å². The Labute approximate surface area is 122 Å². The first-order valence-corrected chi connectivity index (χ1v) is 8.09. The third-order valence-electron chi connectivity index (χ3n) is 3.10. The van der Waals surface area contributed by atoms with Gasteiger partial charge in [-0.05, 0) is 45.4 Å². The summed E-state index contributed by atoms with van der Waals surface area (Å²) in [6, 6.07) is 11.0. The van der Waals surface area contributed by atoms with Crippen molar-refractivity contribution in [2.45, 2.75) is 37.4 Å². The van der Waals surface area contributed by atoms with E-state index in [2.05, 4.69) is 77.8 Å². The van der Waals surface area contributed by atoms with Gasteiger partial charge >= 0.3 is 0 Å². The van der Waals surface area contributed by atoms with Gasteiger partial charge in [0.2, 0.25) is 0 Å². The van der Waals surface area contributed by atoms with Gasteiger partial charge < -0.3 is 0 Å². The molecule has 1 unspecified atom stereocenters. The van der Waals surface area contributed by atoms with Crippen LogP contribution in [0.2, 0.25) is 0 Å². The predicted octanol–water partition coefficient (Wildman–Crippen LogP) is 5.72. The number of alkyl halides is 1. The molecule has 1 aromatic carbocycles. The number of thiophene rings is 1. The molecule has 0 fully saturated rings. The van der Waals surface area contributed by atoms with E-state index in [9.17, 15) is 0 Å². The zero-order valence-electron chi connectivity index (χ0n) is 11.1. The van der Waals surface area contributed by atoms with E-state index < -0.39 is 0 Å². The van der Waals surface area contributed by atoms with E-state index in [0.29, 0.717) is 4.83 Å². The minimum absolute atomic E-state index is 0.192. The molecule has 2 aromatic rings. The molecule has 0 aliphatic rings. The maximum atomic E-state index is 3.86. The molecular formula is C16H19BrS. The Morgan fingerprint density at radius 1 is 1.17 bits per heavy atom. The Bertz CT molecular complexity index is 494. The summed E-state index contributed by atoms with van der Waals surface area (Å²) in [7, 11) is 0. The number of hydrogen-bond donors (Lipinski definition) is 0.